The van der Waals surface area contributed by atoms with E-state index in [9.17, 15) is 4.79 Å². The van der Waals surface area contributed by atoms with Crippen LogP contribution in [0.4, 0.5) is 0 Å². The summed E-state index contributed by atoms with van der Waals surface area (Å²) in [6, 6.07) is 8.18. The lowest BCUT2D eigenvalue weighted by Gasteiger charge is -2.24. The topological polar surface area (TPSA) is 32.3 Å². The average Bonchev–Trinajstić information content (AvgIpc) is 2.49. The van der Waals surface area contributed by atoms with Crippen molar-refractivity contribution in [3.63, 3.8) is 0 Å². The smallest absolute Gasteiger partial charge is 0.253 e. The second kappa shape index (κ2) is 6.71. The van der Waals surface area contributed by atoms with Gasteiger partial charge in [-0.3, -0.25) is 4.79 Å². The summed E-state index contributed by atoms with van der Waals surface area (Å²) in [6.07, 6.45) is 2.44. The van der Waals surface area contributed by atoms with Gasteiger partial charge in [0.25, 0.3) is 5.91 Å². The van der Waals surface area contributed by atoms with Crippen molar-refractivity contribution in [1.29, 1.82) is 0 Å². The molecule has 1 saturated heterocycles. The number of hydrogen-bond donors (Lipinski definition) is 1. The van der Waals surface area contributed by atoms with Gasteiger partial charge in [-0.25, -0.2) is 0 Å². The number of rotatable bonds is 4. The molecule has 2 rings (SSSR count). The molecule has 1 atom stereocenters. The summed E-state index contributed by atoms with van der Waals surface area (Å²) in [7, 11) is 0. The van der Waals surface area contributed by atoms with Gasteiger partial charge in [0.1, 0.15) is 0 Å². The maximum atomic E-state index is 12.4. The first kappa shape index (κ1) is 14.1. The number of carbonyl (C=O) groups is 1. The molecular formula is C16H24N2O. The Balaban J connectivity index is 2.16. The number of carbonyl (C=O) groups excluding carboxylic acids is 1. The molecule has 1 aromatic rings. The van der Waals surface area contributed by atoms with Gasteiger partial charge in [-0.1, -0.05) is 12.1 Å². The zero-order valence-corrected chi connectivity index (χ0v) is 12.0. The van der Waals surface area contributed by atoms with E-state index in [1.807, 2.05) is 30.9 Å². The van der Waals surface area contributed by atoms with Gasteiger partial charge in [0.15, 0.2) is 0 Å². The minimum absolute atomic E-state index is 0.149. The molecule has 1 N–H and O–H groups in total. The van der Waals surface area contributed by atoms with E-state index in [2.05, 4.69) is 17.4 Å². The van der Waals surface area contributed by atoms with Gasteiger partial charge in [-0.05, 0) is 56.8 Å². The molecule has 0 aromatic heterocycles. The Labute approximate surface area is 116 Å². The first-order valence-electron chi connectivity index (χ1n) is 7.36. The summed E-state index contributed by atoms with van der Waals surface area (Å²) in [4.78, 5) is 14.2. The van der Waals surface area contributed by atoms with Crippen LogP contribution in [0.15, 0.2) is 24.3 Å². The van der Waals surface area contributed by atoms with E-state index in [1.54, 1.807) is 0 Å². The number of benzene rings is 1. The van der Waals surface area contributed by atoms with Crippen LogP contribution in [0, 0.1) is 0 Å². The van der Waals surface area contributed by atoms with E-state index >= 15 is 0 Å². The SMILES string of the molecule is CCN(CC)C(=O)c1cccc(C2CCCNC2)c1. The van der Waals surface area contributed by atoms with Gasteiger partial charge in [-0.2, -0.15) is 0 Å². The molecule has 104 valence electrons. The first-order valence-corrected chi connectivity index (χ1v) is 7.36. The van der Waals surface area contributed by atoms with Crippen LogP contribution < -0.4 is 5.32 Å². The number of nitrogens with one attached hydrogen (secondary N) is 1. The molecule has 0 radical (unpaired) electrons. The maximum Gasteiger partial charge on any atom is 0.253 e. The fourth-order valence-corrected chi connectivity index (χ4v) is 2.76. The Morgan fingerprint density at radius 2 is 2.16 bits per heavy atom. The van der Waals surface area contributed by atoms with Crippen LogP contribution in [0.25, 0.3) is 0 Å². The highest BCUT2D eigenvalue weighted by Crippen LogP contribution is 2.24. The monoisotopic (exact) mass is 260 g/mol. The number of piperidine rings is 1. The zero-order chi connectivity index (χ0) is 13.7. The summed E-state index contributed by atoms with van der Waals surface area (Å²) in [5.41, 5.74) is 2.12. The van der Waals surface area contributed by atoms with E-state index < -0.39 is 0 Å². The Bertz CT molecular complexity index is 421. The first-order chi connectivity index (χ1) is 9.26. The summed E-state index contributed by atoms with van der Waals surface area (Å²) < 4.78 is 0. The van der Waals surface area contributed by atoms with Crippen LogP contribution >= 0.6 is 0 Å². The fraction of sp³-hybridized carbons (Fsp3) is 0.562. The summed E-state index contributed by atoms with van der Waals surface area (Å²) in [5.74, 6) is 0.703. The molecule has 1 aliphatic heterocycles. The largest absolute Gasteiger partial charge is 0.339 e. The van der Waals surface area contributed by atoms with E-state index in [0.29, 0.717) is 5.92 Å². The van der Waals surface area contributed by atoms with Crippen molar-refractivity contribution in [2.75, 3.05) is 26.2 Å². The van der Waals surface area contributed by atoms with Crippen molar-refractivity contribution >= 4 is 5.91 Å². The third-order valence-electron chi connectivity index (χ3n) is 3.95. The highest BCUT2D eigenvalue weighted by atomic mass is 16.2. The minimum atomic E-state index is 0.149. The van der Waals surface area contributed by atoms with Crippen LogP contribution in [-0.2, 0) is 0 Å². The lowest BCUT2D eigenvalue weighted by Crippen LogP contribution is -2.31. The molecule has 1 aromatic carbocycles. The quantitative estimate of drug-likeness (QED) is 0.902. The molecule has 1 fully saturated rings. The van der Waals surface area contributed by atoms with Crippen molar-refractivity contribution in [2.45, 2.75) is 32.6 Å². The highest BCUT2D eigenvalue weighted by molar-refractivity contribution is 5.94. The highest BCUT2D eigenvalue weighted by Gasteiger charge is 2.18. The lowest BCUT2D eigenvalue weighted by molar-refractivity contribution is 0.0773. The van der Waals surface area contributed by atoms with Gasteiger partial charge in [0.05, 0.1) is 0 Å². The molecule has 0 saturated carbocycles. The van der Waals surface area contributed by atoms with Crippen LogP contribution in [0.2, 0.25) is 0 Å². The van der Waals surface area contributed by atoms with E-state index in [4.69, 9.17) is 0 Å². The molecule has 19 heavy (non-hydrogen) atoms. The molecule has 1 heterocycles. The van der Waals surface area contributed by atoms with Gasteiger partial charge >= 0.3 is 0 Å². The minimum Gasteiger partial charge on any atom is -0.339 e. The lowest BCUT2D eigenvalue weighted by atomic mass is 9.90. The van der Waals surface area contributed by atoms with Crippen LogP contribution in [0.1, 0.15) is 48.5 Å². The maximum absolute atomic E-state index is 12.4. The van der Waals surface area contributed by atoms with Gasteiger partial charge in [0, 0.05) is 25.2 Å². The standard InChI is InChI=1S/C16H24N2O/c1-3-18(4-2)16(19)14-8-5-7-13(11-14)15-9-6-10-17-12-15/h5,7-8,11,15,17H,3-4,6,9-10,12H2,1-2H3. The predicted molar refractivity (Wildman–Crippen MR) is 78.5 cm³/mol. The summed E-state index contributed by atoms with van der Waals surface area (Å²) >= 11 is 0. The molecule has 0 spiro atoms. The predicted octanol–water partition coefficient (Wildman–Crippen LogP) is 2.64. The molecular weight excluding hydrogens is 236 g/mol. The summed E-state index contributed by atoms with van der Waals surface area (Å²) in [6.45, 7) is 7.74. The zero-order valence-electron chi connectivity index (χ0n) is 12.0. The van der Waals surface area contributed by atoms with Crippen LogP contribution in [0.3, 0.4) is 0 Å². The Morgan fingerprint density at radius 3 is 2.79 bits per heavy atom. The van der Waals surface area contributed by atoms with E-state index in [-0.39, 0.29) is 5.91 Å². The van der Waals surface area contributed by atoms with E-state index in [1.165, 1.54) is 18.4 Å². The van der Waals surface area contributed by atoms with Crippen LogP contribution in [0.5, 0.6) is 0 Å². The molecule has 3 heteroatoms. The van der Waals surface area contributed by atoms with E-state index in [0.717, 1.165) is 31.7 Å². The van der Waals surface area contributed by atoms with Crippen molar-refractivity contribution in [2.24, 2.45) is 0 Å². The Kier molecular flexibility index (Phi) is 4.97. The molecule has 3 nitrogen and oxygen atoms in total. The number of nitrogens with zero attached hydrogens (tertiary/aromatic N) is 1. The average molecular weight is 260 g/mol. The molecule has 1 unspecified atom stereocenters. The van der Waals surface area contributed by atoms with Crippen molar-refractivity contribution in [1.82, 2.24) is 10.2 Å². The number of amides is 1. The number of hydrogen-bond acceptors (Lipinski definition) is 2. The van der Waals surface area contributed by atoms with Gasteiger partial charge in [0.2, 0.25) is 0 Å². The second-order valence-electron chi connectivity index (χ2n) is 5.15. The Morgan fingerprint density at radius 1 is 1.37 bits per heavy atom. The molecule has 0 bridgehead atoms. The van der Waals surface area contributed by atoms with Crippen molar-refractivity contribution < 1.29 is 4.79 Å². The van der Waals surface area contributed by atoms with Gasteiger partial charge in [-0.15, -0.1) is 0 Å². The molecule has 1 amide bonds. The summed E-state index contributed by atoms with van der Waals surface area (Å²) in [5, 5.41) is 3.43. The molecule has 1 aliphatic rings. The van der Waals surface area contributed by atoms with Crippen LogP contribution in [-0.4, -0.2) is 37.0 Å². The normalized spacial score (nSPS) is 19.2. The fourth-order valence-electron chi connectivity index (χ4n) is 2.76. The van der Waals surface area contributed by atoms with Gasteiger partial charge < -0.3 is 10.2 Å². The Hall–Kier alpha value is -1.35. The molecule has 0 aliphatic carbocycles. The third kappa shape index (κ3) is 3.35. The van der Waals surface area contributed by atoms with Crippen molar-refractivity contribution in [3.05, 3.63) is 35.4 Å². The van der Waals surface area contributed by atoms with Crippen molar-refractivity contribution in [3.8, 4) is 0 Å². The third-order valence-corrected chi connectivity index (χ3v) is 3.95. The second-order valence-corrected chi connectivity index (χ2v) is 5.15.